The van der Waals surface area contributed by atoms with Crippen LogP contribution in [0.1, 0.15) is 132 Å². The van der Waals surface area contributed by atoms with Gasteiger partial charge in [-0.25, -0.2) is 0 Å². The number of halogens is 1. The Morgan fingerprint density at radius 2 is 1.66 bits per heavy atom. The van der Waals surface area contributed by atoms with Gasteiger partial charge in [-0.3, -0.25) is 19.2 Å². The van der Waals surface area contributed by atoms with Crippen LogP contribution in [0.15, 0.2) is 22.8 Å². The Hall–Kier alpha value is -1.87. The standard InChI is InChI=1S/C41H63ClO8/c1-23(2)28-20-31(43)26(5)12-10-11-24(3)18-32(44)29-19-27(6)37-30(41(29,22-33(28)45)38(48)49-9)17-25(4)13-14-35(47)40(8)16-15-36(50-40)39(7,42)21-34(37)46/h17,23-24,26,28-30,34-36,46-47H,10-16,18-22H2,1-9H3. The molecule has 282 valence electrons. The molecule has 2 aliphatic heterocycles. The highest BCUT2D eigenvalue weighted by atomic mass is 35.5. The maximum Gasteiger partial charge on any atom is 0.313 e. The fourth-order valence-electron chi connectivity index (χ4n) is 9.53. The molecule has 0 spiro atoms. The van der Waals surface area contributed by atoms with Crippen LogP contribution in [0, 0.1) is 40.9 Å². The predicted octanol–water partition coefficient (Wildman–Crippen LogP) is 7.49. The Labute approximate surface area is 305 Å². The van der Waals surface area contributed by atoms with Crippen LogP contribution in [-0.2, 0) is 28.7 Å². The van der Waals surface area contributed by atoms with Gasteiger partial charge in [0.25, 0.3) is 0 Å². The highest BCUT2D eigenvalue weighted by Crippen LogP contribution is 2.56. The molecule has 9 heteroatoms. The van der Waals surface area contributed by atoms with Gasteiger partial charge in [-0.15, -0.1) is 11.6 Å². The van der Waals surface area contributed by atoms with Crippen LogP contribution >= 0.6 is 11.6 Å². The molecule has 2 fully saturated rings. The summed E-state index contributed by atoms with van der Waals surface area (Å²) >= 11 is 7.23. The van der Waals surface area contributed by atoms with Crippen LogP contribution in [0.4, 0.5) is 0 Å². The minimum absolute atomic E-state index is 0.0195. The highest BCUT2D eigenvalue weighted by Gasteiger charge is 2.60. The first kappa shape index (κ1) is 40.9. The largest absolute Gasteiger partial charge is 0.469 e. The number of fused-ring (bicyclic) bond motifs is 5. The Morgan fingerprint density at radius 3 is 2.30 bits per heavy atom. The van der Waals surface area contributed by atoms with Crippen molar-refractivity contribution in [3.63, 3.8) is 0 Å². The molecule has 2 N–H and O–H groups in total. The lowest BCUT2D eigenvalue weighted by atomic mass is 9.52. The second-order valence-electron chi connectivity index (χ2n) is 17.3. The maximum atomic E-state index is 14.7. The van der Waals surface area contributed by atoms with Gasteiger partial charge in [0.2, 0.25) is 0 Å². The highest BCUT2D eigenvalue weighted by molar-refractivity contribution is 6.24. The number of rotatable bonds is 2. The number of alkyl halides is 1. The summed E-state index contributed by atoms with van der Waals surface area (Å²) in [6.07, 6.45) is 4.35. The van der Waals surface area contributed by atoms with E-state index in [2.05, 4.69) is 0 Å². The van der Waals surface area contributed by atoms with Gasteiger partial charge in [0.05, 0.1) is 41.3 Å². The molecule has 4 aliphatic rings. The van der Waals surface area contributed by atoms with Crippen molar-refractivity contribution >= 4 is 34.9 Å². The lowest BCUT2D eigenvalue weighted by Gasteiger charge is -2.49. The van der Waals surface area contributed by atoms with Crippen molar-refractivity contribution in [2.24, 2.45) is 40.9 Å². The van der Waals surface area contributed by atoms with Crippen LogP contribution in [0.25, 0.3) is 0 Å². The zero-order chi connectivity index (χ0) is 37.3. The molecule has 8 nitrogen and oxygen atoms in total. The van der Waals surface area contributed by atoms with E-state index in [1.54, 1.807) is 0 Å². The number of aliphatic hydroxyl groups is 2. The summed E-state index contributed by atoms with van der Waals surface area (Å²) in [5.41, 5.74) is -0.205. The molecule has 4 rings (SSSR count). The first-order valence-corrected chi connectivity index (χ1v) is 19.4. The molecule has 2 bridgehead atoms. The van der Waals surface area contributed by atoms with Gasteiger partial charge in [-0.1, -0.05) is 57.8 Å². The Morgan fingerprint density at radius 1 is 0.980 bits per heavy atom. The topological polar surface area (TPSA) is 127 Å². The van der Waals surface area contributed by atoms with E-state index in [-0.39, 0.29) is 67.2 Å². The molecule has 11 unspecified atom stereocenters. The molecule has 0 aromatic heterocycles. The summed E-state index contributed by atoms with van der Waals surface area (Å²) in [5, 5.41) is 23.6. The lowest BCUT2D eigenvalue weighted by molar-refractivity contribution is -0.166. The van der Waals surface area contributed by atoms with Crippen LogP contribution in [0.2, 0.25) is 0 Å². The second-order valence-corrected chi connectivity index (χ2v) is 18.2. The summed E-state index contributed by atoms with van der Waals surface area (Å²) in [6, 6.07) is 0. The molecular weight excluding hydrogens is 656 g/mol. The molecule has 1 saturated heterocycles. The quantitative estimate of drug-likeness (QED) is 0.171. The Bertz CT molecular complexity index is 1360. The van der Waals surface area contributed by atoms with E-state index in [1.165, 1.54) is 7.11 Å². The van der Waals surface area contributed by atoms with Gasteiger partial charge >= 0.3 is 5.97 Å². The van der Waals surface area contributed by atoms with Crippen molar-refractivity contribution in [1.82, 2.24) is 0 Å². The van der Waals surface area contributed by atoms with Crippen molar-refractivity contribution in [3.05, 3.63) is 22.8 Å². The Kier molecular flexibility index (Phi) is 13.1. The molecule has 2 aliphatic carbocycles. The zero-order valence-corrected chi connectivity index (χ0v) is 32.7. The molecular formula is C41H63ClO8. The molecule has 0 aromatic carbocycles. The maximum absolute atomic E-state index is 14.7. The van der Waals surface area contributed by atoms with Crippen LogP contribution < -0.4 is 0 Å². The number of esters is 1. The van der Waals surface area contributed by atoms with Crippen molar-refractivity contribution in [2.45, 2.75) is 161 Å². The summed E-state index contributed by atoms with van der Waals surface area (Å²) < 4.78 is 12.1. The van der Waals surface area contributed by atoms with E-state index >= 15 is 0 Å². The fraction of sp³-hybridized carbons (Fsp3) is 0.805. The lowest BCUT2D eigenvalue weighted by Crippen LogP contribution is -2.55. The van der Waals surface area contributed by atoms with E-state index in [9.17, 15) is 29.4 Å². The van der Waals surface area contributed by atoms with Gasteiger partial charge in [-0.05, 0) is 90.0 Å². The molecule has 0 aromatic rings. The third kappa shape index (κ3) is 8.34. The summed E-state index contributed by atoms with van der Waals surface area (Å²) in [4.78, 5) is 56.5. The molecule has 11 atom stereocenters. The molecule has 1 saturated carbocycles. The first-order valence-electron chi connectivity index (χ1n) is 19.0. The number of allylic oxidation sites excluding steroid dienone is 3. The van der Waals surface area contributed by atoms with Crippen LogP contribution in [-0.4, -0.2) is 69.4 Å². The van der Waals surface area contributed by atoms with Crippen molar-refractivity contribution in [3.8, 4) is 0 Å². The minimum atomic E-state index is -1.66. The third-order valence-electron chi connectivity index (χ3n) is 12.9. The predicted molar refractivity (Wildman–Crippen MR) is 195 cm³/mol. The summed E-state index contributed by atoms with van der Waals surface area (Å²) in [6.45, 7) is 15.4. The molecule has 2 heterocycles. The van der Waals surface area contributed by atoms with Gasteiger partial charge < -0.3 is 19.7 Å². The van der Waals surface area contributed by atoms with Gasteiger partial charge in [0, 0.05) is 42.9 Å². The number of hydrogen-bond donors (Lipinski definition) is 2. The number of hydrogen-bond acceptors (Lipinski definition) is 8. The van der Waals surface area contributed by atoms with Crippen LogP contribution in [0.5, 0.6) is 0 Å². The zero-order valence-electron chi connectivity index (χ0n) is 32.0. The SMILES string of the molecule is COC(=O)C12CC(=O)C(C(C)C)CC(=O)C(C)CCCC(C)CC(=O)C1CC(C)=C1C(O)CC(C)(Cl)C3CCC(C)(O3)C(O)CCC(C)=CC12. The van der Waals surface area contributed by atoms with Gasteiger partial charge in [-0.2, -0.15) is 0 Å². The smallest absolute Gasteiger partial charge is 0.313 e. The van der Waals surface area contributed by atoms with Crippen molar-refractivity contribution in [2.75, 3.05) is 7.11 Å². The van der Waals surface area contributed by atoms with Gasteiger partial charge in [0.1, 0.15) is 17.3 Å². The number of carbonyl (C=O) groups is 4. The molecule has 50 heavy (non-hydrogen) atoms. The average Bonchev–Trinajstić information content (AvgIpc) is 3.45. The third-order valence-corrected chi connectivity index (χ3v) is 13.3. The van der Waals surface area contributed by atoms with E-state index in [1.807, 2.05) is 61.5 Å². The molecule has 0 radical (unpaired) electrons. The van der Waals surface area contributed by atoms with E-state index in [0.29, 0.717) is 37.7 Å². The number of aliphatic hydroxyl groups excluding tert-OH is 2. The normalized spacial score (nSPS) is 41.6. The van der Waals surface area contributed by atoms with Crippen molar-refractivity contribution < 1.29 is 38.9 Å². The number of ether oxygens (including phenoxy) is 2. The van der Waals surface area contributed by atoms with Gasteiger partial charge in [0.15, 0.2) is 0 Å². The number of methoxy groups -OCH3 is 1. The number of carbonyl (C=O) groups excluding carboxylic acids is 4. The minimum Gasteiger partial charge on any atom is -0.469 e. The summed E-state index contributed by atoms with van der Waals surface area (Å²) in [5.74, 6) is -3.69. The van der Waals surface area contributed by atoms with E-state index < -0.39 is 57.9 Å². The summed E-state index contributed by atoms with van der Waals surface area (Å²) in [7, 11) is 1.29. The number of ketones is 3. The average molecular weight is 719 g/mol. The molecule has 0 amide bonds. The van der Waals surface area contributed by atoms with Crippen molar-refractivity contribution in [1.29, 1.82) is 0 Å². The van der Waals surface area contributed by atoms with Crippen LogP contribution in [0.3, 0.4) is 0 Å². The monoisotopic (exact) mass is 718 g/mol. The van der Waals surface area contributed by atoms with E-state index in [4.69, 9.17) is 21.1 Å². The fourth-order valence-corrected chi connectivity index (χ4v) is 9.83. The number of Topliss-reactive ketones (excluding diaryl/α,β-unsaturated/α-hetero) is 3. The second kappa shape index (κ2) is 16.0. The Balaban J connectivity index is 1.98. The van der Waals surface area contributed by atoms with E-state index in [0.717, 1.165) is 24.0 Å². The first-order chi connectivity index (χ1) is 23.3.